The minimum atomic E-state index is -0.885. The second-order valence-electron chi connectivity index (χ2n) is 7.78. The second-order valence-corrected chi connectivity index (χ2v) is 8.88. The lowest BCUT2D eigenvalue weighted by Gasteiger charge is -2.32. The molecule has 3 nitrogen and oxygen atoms in total. The first-order valence-electron chi connectivity index (χ1n) is 9.55. The maximum absolute atomic E-state index is 13.3. The number of hydrogen-bond donors (Lipinski definition) is 0. The Bertz CT molecular complexity index is 896. The minimum absolute atomic E-state index is 0.139. The van der Waals surface area contributed by atoms with Crippen molar-refractivity contribution in [2.75, 3.05) is 5.75 Å². The van der Waals surface area contributed by atoms with Crippen molar-refractivity contribution in [3.63, 3.8) is 0 Å². The zero-order valence-electron chi connectivity index (χ0n) is 16.9. The van der Waals surface area contributed by atoms with Gasteiger partial charge in [0.1, 0.15) is 23.7 Å². The molecule has 0 amide bonds. The van der Waals surface area contributed by atoms with Crippen LogP contribution in [0.4, 0.5) is 8.78 Å². The van der Waals surface area contributed by atoms with Crippen molar-refractivity contribution in [2.45, 2.75) is 51.0 Å². The quantitative estimate of drug-likeness (QED) is 0.376. The molecule has 29 heavy (non-hydrogen) atoms. The topological polar surface area (TPSA) is 43.4 Å². The molecule has 1 fully saturated rings. The average Bonchev–Trinajstić information content (AvgIpc) is 2.60. The minimum Gasteiger partial charge on any atom is -0.461 e. The standard InChI is InChI=1S/C23H24F2O3S/c1-12-5-13(2)21(14(3)6-12)22-19(26)10-20(28-23(22)27)15(4)11-29-18-8-16(24)7-17(25)9-18/h5-9,15,20,22H,10-11H2,1-4H3. The third-order valence-electron chi connectivity index (χ3n) is 5.24. The highest BCUT2D eigenvalue weighted by Crippen LogP contribution is 2.35. The molecule has 0 spiro atoms. The first-order valence-corrected chi connectivity index (χ1v) is 10.5. The summed E-state index contributed by atoms with van der Waals surface area (Å²) < 4.78 is 32.3. The van der Waals surface area contributed by atoms with Crippen LogP contribution in [-0.4, -0.2) is 23.6 Å². The number of thioether (sulfide) groups is 1. The second kappa shape index (κ2) is 8.66. The zero-order valence-corrected chi connectivity index (χ0v) is 17.7. The van der Waals surface area contributed by atoms with Crippen LogP contribution in [0.15, 0.2) is 35.2 Å². The van der Waals surface area contributed by atoms with Gasteiger partial charge in [-0.25, -0.2) is 8.78 Å². The van der Waals surface area contributed by atoms with Crippen molar-refractivity contribution < 1.29 is 23.1 Å². The summed E-state index contributed by atoms with van der Waals surface area (Å²) in [6.45, 7) is 7.65. The maximum atomic E-state index is 13.3. The lowest BCUT2D eigenvalue weighted by atomic mass is 9.82. The highest BCUT2D eigenvalue weighted by atomic mass is 32.2. The van der Waals surface area contributed by atoms with E-state index in [0.29, 0.717) is 10.6 Å². The normalized spacial score (nSPS) is 20.5. The SMILES string of the molecule is Cc1cc(C)c(C2C(=O)CC(C(C)CSc3cc(F)cc(F)c3)OC2=O)c(C)c1. The van der Waals surface area contributed by atoms with E-state index in [1.54, 1.807) is 0 Å². The van der Waals surface area contributed by atoms with Gasteiger partial charge in [0.15, 0.2) is 5.78 Å². The first-order chi connectivity index (χ1) is 13.7. The van der Waals surface area contributed by atoms with Gasteiger partial charge in [0.2, 0.25) is 0 Å². The molecule has 2 aromatic carbocycles. The van der Waals surface area contributed by atoms with E-state index in [1.165, 1.54) is 23.9 Å². The van der Waals surface area contributed by atoms with Crippen LogP contribution in [0.25, 0.3) is 0 Å². The molecule has 3 atom stereocenters. The van der Waals surface area contributed by atoms with Crippen LogP contribution < -0.4 is 0 Å². The zero-order chi connectivity index (χ0) is 21.3. The van der Waals surface area contributed by atoms with Crippen molar-refractivity contribution in [2.24, 2.45) is 5.92 Å². The number of carbonyl (C=O) groups is 2. The summed E-state index contributed by atoms with van der Waals surface area (Å²) in [5.41, 5.74) is 3.64. The van der Waals surface area contributed by atoms with Crippen LogP contribution in [0.3, 0.4) is 0 Å². The van der Waals surface area contributed by atoms with Crippen molar-refractivity contribution in [1.29, 1.82) is 0 Å². The fourth-order valence-electron chi connectivity index (χ4n) is 3.90. The first kappa shape index (κ1) is 21.5. The lowest BCUT2D eigenvalue weighted by Crippen LogP contribution is -2.41. The molecule has 0 aliphatic carbocycles. The number of halogens is 2. The summed E-state index contributed by atoms with van der Waals surface area (Å²) in [5.74, 6) is -2.48. The molecule has 1 aliphatic rings. The molecule has 3 unspecified atom stereocenters. The van der Waals surface area contributed by atoms with Crippen molar-refractivity contribution in [1.82, 2.24) is 0 Å². The van der Waals surface area contributed by atoms with Gasteiger partial charge in [0.25, 0.3) is 0 Å². The van der Waals surface area contributed by atoms with Gasteiger partial charge in [0, 0.05) is 29.1 Å². The van der Waals surface area contributed by atoms with Crippen LogP contribution in [0.5, 0.6) is 0 Å². The Labute approximate surface area is 173 Å². The van der Waals surface area contributed by atoms with E-state index in [9.17, 15) is 18.4 Å². The Kier molecular flexibility index (Phi) is 6.42. The Morgan fingerprint density at radius 3 is 2.17 bits per heavy atom. The molecular formula is C23H24F2O3S. The van der Waals surface area contributed by atoms with E-state index in [-0.39, 0.29) is 18.1 Å². The van der Waals surface area contributed by atoms with Crippen LogP contribution in [0, 0.1) is 38.3 Å². The third-order valence-corrected chi connectivity index (χ3v) is 6.50. The summed E-state index contributed by atoms with van der Waals surface area (Å²) in [7, 11) is 0. The fourth-order valence-corrected chi connectivity index (χ4v) is 4.96. The highest BCUT2D eigenvalue weighted by Gasteiger charge is 2.41. The lowest BCUT2D eigenvalue weighted by molar-refractivity contribution is -0.162. The molecule has 0 N–H and O–H groups in total. The van der Waals surface area contributed by atoms with Gasteiger partial charge >= 0.3 is 5.97 Å². The summed E-state index contributed by atoms with van der Waals surface area (Å²) in [5, 5.41) is 0. The predicted molar refractivity (Wildman–Crippen MR) is 109 cm³/mol. The molecule has 0 saturated carbocycles. The molecule has 2 aromatic rings. The molecule has 3 rings (SSSR count). The number of ketones is 1. The number of hydrogen-bond acceptors (Lipinski definition) is 4. The average molecular weight is 419 g/mol. The Morgan fingerprint density at radius 1 is 1.03 bits per heavy atom. The summed E-state index contributed by atoms with van der Waals surface area (Å²) in [6.07, 6.45) is -0.397. The van der Waals surface area contributed by atoms with Crippen molar-refractivity contribution in [3.8, 4) is 0 Å². The van der Waals surface area contributed by atoms with Gasteiger partial charge < -0.3 is 4.74 Å². The molecule has 6 heteroatoms. The molecule has 0 aromatic heterocycles. The van der Waals surface area contributed by atoms with Crippen LogP contribution >= 0.6 is 11.8 Å². The van der Waals surface area contributed by atoms with Gasteiger partial charge in [0.05, 0.1) is 0 Å². The third kappa shape index (κ3) is 4.86. The van der Waals surface area contributed by atoms with E-state index >= 15 is 0 Å². The van der Waals surface area contributed by atoms with Crippen LogP contribution in [-0.2, 0) is 14.3 Å². The van der Waals surface area contributed by atoms with E-state index < -0.39 is 29.6 Å². The summed E-state index contributed by atoms with van der Waals surface area (Å²) in [4.78, 5) is 26.1. The van der Waals surface area contributed by atoms with E-state index in [2.05, 4.69) is 0 Å². The highest BCUT2D eigenvalue weighted by molar-refractivity contribution is 7.99. The predicted octanol–water partition coefficient (Wildman–Crippen LogP) is 5.29. The molecule has 1 aliphatic heterocycles. The molecule has 1 saturated heterocycles. The number of aryl methyl sites for hydroxylation is 3. The van der Waals surface area contributed by atoms with Gasteiger partial charge in [-0.1, -0.05) is 24.6 Å². The van der Waals surface area contributed by atoms with Gasteiger partial charge in [-0.3, -0.25) is 9.59 Å². The number of benzene rings is 2. The summed E-state index contributed by atoms with van der Waals surface area (Å²) >= 11 is 1.27. The molecule has 154 valence electrons. The monoisotopic (exact) mass is 418 g/mol. The van der Waals surface area contributed by atoms with Gasteiger partial charge in [-0.05, 0) is 49.6 Å². The smallest absolute Gasteiger partial charge is 0.321 e. The van der Waals surface area contributed by atoms with Crippen molar-refractivity contribution in [3.05, 3.63) is 64.2 Å². The fraction of sp³-hybridized carbons (Fsp3) is 0.391. The van der Waals surface area contributed by atoms with E-state index in [0.717, 1.165) is 28.3 Å². The number of Topliss-reactive ketones (excluding diaryl/α,β-unsaturated/α-hetero) is 1. The number of cyclic esters (lactones) is 1. The van der Waals surface area contributed by atoms with E-state index in [4.69, 9.17) is 4.74 Å². The molecule has 0 radical (unpaired) electrons. The molecular weight excluding hydrogens is 394 g/mol. The number of ether oxygens (including phenoxy) is 1. The largest absolute Gasteiger partial charge is 0.461 e. The number of esters is 1. The Hall–Kier alpha value is -2.21. The summed E-state index contributed by atoms with van der Waals surface area (Å²) in [6, 6.07) is 7.28. The molecule has 0 bridgehead atoms. The van der Waals surface area contributed by atoms with E-state index in [1.807, 2.05) is 39.8 Å². The van der Waals surface area contributed by atoms with Gasteiger partial charge in [-0.15, -0.1) is 11.8 Å². The van der Waals surface area contributed by atoms with Crippen molar-refractivity contribution >= 4 is 23.5 Å². The van der Waals surface area contributed by atoms with Crippen LogP contribution in [0.1, 0.15) is 41.5 Å². The molecule has 1 heterocycles. The number of rotatable bonds is 5. The Balaban J connectivity index is 1.69. The number of carbonyl (C=O) groups excluding carboxylic acids is 2. The Morgan fingerprint density at radius 2 is 1.62 bits per heavy atom. The van der Waals surface area contributed by atoms with Crippen LogP contribution in [0.2, 0.25) is 0 Å². The maximum Gasteiger partial charge on any atom is 0.321 e. The van der Waals surface area contributed by atoms with Gasteiger partial charge in [-0.2, -0.15) is 0 Å².